The van der Waals surface area contributed by atoms with Gasteiger partial charge in [0.15, 0.2) is 5.78 Å². The number of rotatable bonds is 6. The van der Waals surface area contributed by atoms with Crippen molar-refractivity contribution in [2.24, 2.45) is 5.92 Å². The lowest BCUT2D eigenvalue weighted by atomic mass is 10.0. The monoisotopic (exact) mass is 308 g/mol. The van der Waals surface area contributed by atoms with Crippen LogP contribution in [0.1, 0.15) is 59.3 Å². The molecule has 6 heteroatoms. The molecule has 0 aromatic carbocycles. The molecule has 1 amide bonds. The number of methoxy groups -OCH3 is 1. The molecule has 0 saturated carbocycles. The number of esters is 1. The van der Waals surface area contributed by atoms with Crippen LogP contribution in [0.2, 0.25) is 0 Å². The first kappa shape index (κ1) is 17.9. The van der Waals surface area contributed by atoms with Gasteiger partial charge in [-0.1, -0.05) is 13.8 Å². The van der Waals surface area contributed by atoms with Crippen LogP contribution >= 0.6 is 0 Å². The van der Waals surface area contributed by atoms with E-state index in [0.29, 0.717) is 28.9 Å². The molecule has 22 heavy (non-hydrogen) atoms. The maximum atomic E-state index is 12.4. The Hall–Kier alpha value is -2.11. The first-order chi connectivity index (χ1) is 10.2. The van der Waals surface area contributed by atoms with Gasteiger partial charge in [-0.05, 0) is 38.7 Å². The number of carbonyl (C=O) groups excluding carboxylic acids is 3. The molecule has 0 fully saturated rings. The fraction of sp³-hybridized carbons (Fsp3) is 0.562. The Labute approximate surface area is 130 Å². The average molecular weight is 308 g/mol. The molecule has 1 aromatic rings. The molecule has 0 radical (unpaired) electrons. The fourth-order valence-corrected chi connectivity index (χ4v) is 2.56. The largest absolute Gasteiger partial charge is 0.467 e. The Morgan fingerprint density at radius 2 is 1.82 bits per heavy atom. The number of carbonyl (C=O) groups is 3. The Morgan fingerprint density at radius 1 is 1.23 bits per heavy atom. The van der Waals surface area contributed by atoms with E-state index in [1.165, 1.54) is 14.0 Å². The number of hydrogen-bond acceptors (Lipinski definition) is 4. The van der Waals surface area contributed by atoms with Gasteiger partial charge >= 0.3 is 5.97 Å². The van der Waals surface area contributed by atoms with Crippen LogP contribution in [0, 0.1) is 19.8 Å². The van der Waals surface area contributed by atoms with Gasteiger partial charge < -0.3 is 15.0 Å². The zero-order valence-electron chi connectivity index (χ0n) is 14.0. The van der Waals surface area contributed by atoms with Crippen molar-refractivity contribution in [3.05, 3.63) is 22.5 Å². The van der Waals surface area contributed by atoms with Crippen molar-refractivity contribution in [2.75, 3.05) is 7.11 Å². The third-order valence-electron chi connectivity index (χ3n) is 3.51. The minimum Gasteiger partial charge on any atom is -0.467 e. The lowest BCUT2D eigenvalue weighted by molar-refractivity contribution is -0.143. The summed E-state index contributed by atoms with van der Waals surface area (Å²) in [7, 11) is 1.29. The van der Waals surface area contributed by atoms with Gasteiger partial charge in [0.05, 0.1) is 7.11 Å². The second-order valence-corrected chi connectivity index (χ2v) is 5.86. The maximum Gasteiger partial charge on any atom is 0.328 e. The number of ketones is 1. The predicted octanol–water partition coefficient (Wildman–Crippen LogP) is 2.15. The SMILES string of the molecule is COC(=O)[C@@H](CC(C)C)NC(=O)c1[nH]c(C)c(C(C)=O)c1C. The number of aromatic nitrogens is 1. The molecule has 0 aliphatic heterocycles. The number of Topliss-reactive ketones (excluding diaryl/α,β-unsaturated/α-hetero) is 1. The number of aryl methyl sites for hydroxylation is 1. The van der Waals surface area contributed by atoms with Crippen molar-refractivity contribution in [1.29, 1.82) is 0 Å². The Bertz CT molecular complexity index is 587. The van der Waals surface area contributed by atoms with Gasteiger partial charge in [-0.2, -0.15) is 0 Å². The Kier molecular flexibility index (Phi) is 5.91. The highest BCUT2D eigenvalue weighted by Crippen LogP contribution is 2.19. The van der Waals surface area contributed by atoms with Crippen LogP contribution in [-0.2, 0) is 9.53 Å². The molecular formula is C16H24N2O4. The number of hydrogen-bond donors (Lipinski definition) is 2. The highest BCUT2D eigenvalue weighted by atomic mass is 16.5. The average Bonchev–Trinajstić information content (AvgIpc) is 2.71. The molecule has 0 aliphatic rings. The lowest BCUT2D eigenvalue weighted by Crippen LogP contribution is -2.42. The summed E-state index contributed by atoms with van der Waals surface area (Å²) in [6, 6.07) is -0.707. The van der Waals surface area contributed by atoms with Crippen LogP contribution in [0.5, 0.6) is 0 Å². The van der Waals surface area contributed by atoms with Crippen LogP contribution in [0.15, 0.2) is 0 Å². The predicted molar refractivity (Wildman–Crippen MR) is 83.0 cm³/mol. The van der Waals surface area contributed by atoms with E-state index in [1.807, 2.05) is 13.8 Å². The quantitative estimate of drug-likeness (QED) is 0.622. The molecule has 2 N–H and O–H groups in total. The Balaban J connectivity index is 3.02. The van der Waals surface area contributed by atoms with E-state index < -0.39 is 17.9 Å². The van der Waals surface area contributed by atoms with Gasteiger partial charge in [-0.15, -0.1) is 0 Å². The second kappa shape index (κ2) is 7.24. The third kappa shape index (κ3) is 3.96. The minimum absolute atomic E-state index is 0.100. The molecule has 0 aliphatic carbocycles. The summed E-state index contributed by atoms with van der Waals surface area (Å²) < 4.78 is 4.73. The van der Waals surface area contributed by atoms with Crippen LogP contribution < -0.4 is 5.32 Å². The summed E-state index contributed by atoms with van der Waals surface area (Å²) in [4.78, 5) is 38.7. The van der Waals surface area contributed by atoms with Crippen molar-refractivity contribution < 1.29 is 19.1 Å². The van der Waals surface area contributed by atoms with E-state index in [1.54, 1.807) is 13.8 Å². The van der Waals surface area contributed by atoms with E-state index in [4.69, 9.17) is 4.74 Å². The molecule has 122 valence electrons. The van der Waals surface area contributed by atoms with Gasteiger partial charge in [0, 0.05) is 11.3 Å². The van der Waals surface area contributed by atoms with E-state index in [2.05, 4.69) is 10.3 Å². The first-order valence-electron chi connectivity index (χ1n) is 7.27. The number of nitrogens with one attached hydrogen (secondary N) is 2. The molecule has 1 rings (SSSR count). The summed E-state index contributed by atoms with van der Waals surface area (Å²) in [5, 5.41) is 2.68. The van der Waals surface area contributed by atoms with Gasteiger partial charge in [-0.25, -0.2) is 4.79 Å². The second-order valence-electron chi connectivity index (χ2n) is 5.86. The van der Waals surface area contributed by atoms with Crippen LogP contribution in [0.4, 0.5) is 0 Å². The van der Waals surface area contributed by atoms with Crippen LogP contribution in [-0.4, -0.2) is 35.8 Å². The zero-order chi connectivity index (χ0) is 17.0. The van der Waals surface area contributed by atoms with E-state index in [0.717, 1.165) is 0 Å². The molecule has 1 heterocycles. The first-order valence-corrected chi connectivity index (χ1v) is 7.27. The molecule has 0 unspecified atom stereocenters. The van der Waals surface area contributed by atoms with Crippen molar-refractivity contribution >= 4 is 17.7 Å². The molecule has 0 spiro atoms. The highest BCUT2D eigenvalue weighted by Gasteiger charge is 2.26. The van der Waals surface area contributed by atoms with Crippen molar-refractivity contribution in [3.8, 4) is 0 Å². The number of ether oxygens (including phenoxy) is 1. The summed E-state index contributed by atoms with van der Waals surface area (Å²) in [5.74, 6) is -0.764. The molecule has 1 atom stereocenters. The topological polar surface area (TPSA) is 88.3 Å². The van der Waals surface area contributed by atoms with E-state index >= 15 is 0 Å². The number of amides is 1. The van der Waals surface area contributed by atoms with Crippen molar-refractivity contribution in [2.45, 2.75) is 47.1 Å². The van der Waals surface area contributed by atoms with Gasteiger partial charge in [0.25, 0.3) is 5.91 Å². The van der Waals surface area contributed by atoms with Crippen LogP contribution in [0.25, 0.3) is 0 Å². The standard InChI is InChI=1S/C16H24N2O4/c1-8(2)7-12(16(21)22-6)18-15(20)14-9(3)13(11(5)19)10(4)17-14/h8,12,17H,7H2,1-6H3,(H,18,20)/t12-/m1/s1. The minimum atomic E-state index is -0.707. The zero-order valence-corrected chi connectivity index (χ0v) is 14.0. The normalized spacial score (nSPS) is 12.1. The summed E-state index contributed by atoms with van der Waals surface area (Å²) >= 11 is 0. The van der Waals surface area contributed by atoms with Gasteiger partial charge in [-0.3, -0.25) is 9.59 Å². The molecule has 1 aromatic heterocycles. The number of aromatic amines is 1. The number of H-pyrrole nitrogens is 1. The smallest absolute Gasteiger partial charge is 0.328 e. The third-order valence-corrected chi connectivity index (χ3v) is 3.51. The lowest BCUT2D eigenvalue weighted by Gasteiger charge is -2.18. The molecule has 0 saturated heterocycles. The molecule has 0 bridgehead atoms. The molecule has 6 nitrogen and oxygen atoms in total. The Morgan fingerprint density at radius 3 is 2.23 bits per heavy atom. The fourth-order valence-electron chi connectivity index (χ4n) is 2.56. The van der Waals surface area contributed by atoms with Crippen molar-refractivity contribution in [3.63, 3.8) is 0 Å². The molecular weight excluding hydrogens is 284 g/mol. The van der Waals surface area contributed by atoms with Gasteiger partial charge in [0.1, 0.15) is 11.7 Å². The summed E-state index contributed by atoms with van der Waals surface area (Å²) in [6.07, 6.45) is 0.483. The summed E-state index contributed by atoms with van der Waals surface area (Å²) in [6.45, 7) is 8.83. The highest BCUT2D eigenvalue weighted by molar-refractivity contribution is 6.03. The van der Waals surface area contributed by atoms with Crippen molar-refractivity contribution in [1.82, 2.24) is 10.3 Å². The maximum absolute atomic E-state index is 12.4. The van der Waals surface area contributed by atoms with Crippen LogP contribution in [0.3, 0.4) is 0 Å². The van der Waals surface area contributed by atoms with E-state index in [-0.39, 0.29) is 11.7 Å². The van der Waals surface area contributed by atoms with Gasteiger partial charge in [0.2, 0.25) is 0 Å². The van der Waals surface area contributed by atoms with E-state index in [9.17, 15) is 14.4 Å². The summed E-state index contributed by atoms with van der Waals surface area (Å²) in [5.41, 5.74) is 2.06.